The number of benzene rings is 2. The van der Waals surface area contributed by atoms with Gasteiger partial charge in [0.05, 0.1) is 5.92 Å². The summed E-state index contributed by atoms with van der Waals surface area (Å²) in [6.45, 7) is 0. The lowest BCUT2D eigenvalue weighted by atomic mass is 10.0. The highest BCUT2D eigenvalue weighted by Gasteiger charge is 2.41. The molecule has 0 aromatic heterocycles. The van der Waals surface area contributed by atoms with Crippen molar-refractivity contribution in [1.82, 2.24) is 0 Å². The van der Waals surface area contributed by atoms with E-state index in [0.29, 0.717) is 18.4 Å². The SMILES string of the molecule is O=C(Oc1ccc(-c2ccccc2)c(F)c1C(F)(F)F)C1CC1. The van der Waals surface area contributed by atoms with Crippen molar-refractivity contribution in [3.8, 4) is 16.9 Å². The first-order chi connectivity index (χ1) is 10.9. The summed E-state index contributed by atoms with van der Waals surface area (Å²) >= 11 is 0. The van der Waals surface area contributed by atoms with Gasteiger partial charge in [0, 0.05) is 5.56 Å². The fraction of sp³-hybridized carbons (Fsp3) is 0.235. The number of esters is 1. The third-order valence-electron chi connectivity index (χ3n) is 3.59. The van der Waals surface area contributed by atoms with Crippen LogP contribution in [-0.4, -0.2) is 5.97 Å². The van der Waals surface area contributed by atoms with Gasteiger partial charge in [-0.3, -0.25) is 4.79 Å². The zero-order valence-electron chi connectivity index (χ0n) is 11.9. The first-order valence-electron chi connectivity index (χ1n) is 7.04. The number of carbonyl (C=O) groups excluding carboxylic acids is 1. The molecular formula is C17H12F4O2. The molecule has 0 radical (unpaired) electrons. The molecule has 1 aliphatic carbocycles. The topological polar surface area (TPSA) is 26.3 Å². The van der Waals surface area contributed by atoms with Crippen LogP contribution in [0.2, 0.25) is 0 Å². The van der Waals surface area contributed by atoms with Gasteiger partial charge in [-0.25, -0.2) is 4.39 Å². The molecular weight excluding hydrogens is 312 g/mol. The van der Waals surface area contributed by atoms with Crippen molar-refractivity contribution >= 4 is 5.97 Å². The highest BCUT2D eigenvalue weighted by Crippen LogP contribution is 2.42. The number of hydrogen-bond donors (Lipinski definition) is 0. The summed E-state index contributed by atoms with van der Waals surface area (Å²) in [6.07, 6.45) is -3.79. The van der Waals surface area contributed by atoms with Crippen molar-refractivity contribution in [2.24, 2.45) is 5.92 Å². The highest BCUT2D eigenvalue weighted by molar-refractivity contribution is 5.78. The number of alkyl halides is 3. The Kier molecular flexibility index (Phi) is 3.83. The fourth-order valence-electron chi connectivity index (χ4n) is 2.26. The van der Waals surface area contributed by atoms with Gasteiger partial charge in [0.2, 0.25) is 0 Å². The number of hydrogen-bond acceptors (Lipinski definition) is 2. The molecule has 1 aliphatic rings. The Morgan fingerprint density at radius 2 is 1.70 bits per heavy atom. The molecule has 1 saturated carbocycles. The zero-order chi connectivity index (χ0) is 16.6. The van der Waals surface area contributed by atoms with Gasteiger partial charge in [0.25, 0.3) is 0 Å². The van der Waals surface area contributed by atoms with E-state index in [-0.39, 0.29) is 11.5 Å². The summed E-state index contributed by atoms with van der Waals surface area (Å²) < 4.78 is 59.0. The number of ether oxygens (including phenoxy) is 1. The van der Waals surface area contributed by atoms with E-state index in [2.05, 4.69) is 0 Å². The molecule has 6 heteroatoms. The van der Waals surface area contributed by atoms with E-state index in [4.69, 9.17) is 4.74 Å². The van der Waals surface area contributed by atoms with Gasteiger partial charge in [0.1, 0.15) is 17.1 Å². The predicted octanol–water partition coefficient (Wildman–Crippen LogP) is 4.83. The molecule has 0 N–H and O–H groups in total. The second-order valence-corrected chi connectivity index (χ2v) is 5.36. The molecule has 0 amide bonds. The van der Waals surface area contributed by atoms with Crippen LogP contribution in [0.15, 0.2) is 42.5 Å². The monoisotopic (exact) mass is 324 g/mol. The highest BCUT2D eigenvalue weighted by atomic mass is 19.4. The van der Waals surface area contributed by atoms with Crippen LogP contribution in [0.1, 0.15) is 18.4 Å². The lowest BCUT2D eigenvalue weighted by Gasteiger charge is -2.16. The summed E-state index contributed by atoms with van der Waals surface area (Å²) in [4.78, 5) is 11.6. The van der Waals surface area contributed by atoms with Crippen LogP contribution in [0.3, 0.4) is 0 Å². The third kappa shape index (κ3) is 3.21. The van der Waals surface area contributed by atoms with Crippen molar-refractivity contribution < 1.29 is 27.1 Å². The normalized spacial score (nSPS) is 14.6. The second kappa shape index (κ2) is 5.68. The Morgan fingerprint density at radius 1 is 1.04 bits per heavy atom. The molecule has 23 heavy (non-hydrogen) atoms. The minimum Gasteiger partial charge on any atom is -0.426 e. The Bertz CT molecular complexity index is 734. The third-order valence-corrected chi connectivity index (χ3v) is 3.59. The number of carbonyl (C=O) groups is 1. The molecule has 0 aliphatic heterocycles. The summed E-state index contributed by atoms with van der Waals surface area (Å²) in [7, 11) is 0. The molecule has 0 spiro atoms. The molecule has 1 fully saturated rings. The van der Waals surface area contributed by atoms with Gasteiger partial charge in [-0.1, -0.05) is 30.3 Å². The minimum absolute atomic E-state index is 0.191. The number of rotatable bonds is 3. The Morgan fingerprint density at radius 3 is 2.26 bits per heavy atom. The average Bonchev–Trinajstić information content (AvgIpc) is 3.31. The van der Waals surface area contributed by atoms with Gasteiger partial charge in [-0.2, -0.15) is 13.2 Å². The minimum atomic E-state index is -4.96. The summed E-state index contributed by atoms with van der Waals surface area (Å²) in [5.41, 5.74) is -1.42. The molecule has 2 nitrogen and oxygen atoms in total. The van der Waals surface area contributed by atoms with E-state index in [1.165, 1.54) is 18.2 Å². The van der Waals surface area contributed by atoms with Crippen LogP contribution in [0, 0.1) is 11.7 Å². The van der Waals surface area contributed by atoms with Crippen LogP contribution in [-0.2, 0) is 11.0 Å². The average molecular weight is 324 g/mol. The lowest BCUT2D eigenvalue weighted by Crippen LogP contribution is -2.16. The van der Waals surface area contributed by atoms with E-state index >= 15 is 0 Å². The standard InChI is InChI=1S/C17H12F4O2/c18-15-12(10-4-2-1-3-5-10)8-9-13(14(15)17(19,20)21)23-16(22)11-6-7-11/h1-5,8-9,11H,6-7H2. The molecule has 2 aromatic carbocycles. The lowest BCUT2D eigenvalue weighted by molar-refractivity contribution is -0.144. The predicted molar refractivity (Wildman–Crippen MR) is 75.2 cm³/mol. The Labute approximate surface area is 129 Å². The van der Waals surface area contributed by atoms with Crippen molar-refractivity contribution in [1.29, 1.82) is 0 Å². The van der Waals surface area contributed by atoms with Crippen LogP contribution in [0.4, 0.5) is 17.6 Å². The molecule has 0 saturated heterocycles. The van der Waals surface area contributed by atoms with Crippen molar-refractivity contribution in [2.75, 3.05) is 0 Å². The van der Waals surface area contributed by atoms with E-state index in [1.807, 2.05) is 0 Å². The largest absolute Gasteiger partial charge is 0.426 e. The molecule has 3 rings (SSSR count). The second-order valence-electron chi connectivity index (χ2n) is 5.36. The maximum atomic E-state index is 14.5. The van der Waals surface area contributed by atoms with E-state index in [0.717, 1.165) is 6.07 Å². The summed E-state index contributed by atoms with van der Waals surface area (Å²) in [6, 6.07) is 10.1. The van der Waals surface area contributed by atoms with E-state index < -0.39 is 29.3 Å². The molecule has 0 bridgehead atoms. The van der Waals surface area contributed by atoms with E-state index in [9.17, 15) is 22.4 Å². The first kappa shape index (κ1) is 15.5. The zero-order valence-corrected chi connectivity index (χ0v) is 11.9. The molecule has 0 atom stereocenters. The maximum absolute atomic E-state index is 14.5. The smallest absolute Gasteiger partial charge is 0.422 e. The van der Waals surface area contributed by atoms with Crippen molar-refractivity contribution in [3.63, 3.8) is 0 Å². The molecule has 0 heterocycles. The van der Waals surface area contributed by atoms with Crippen LogP contribution >= 0.6 is 0 Å². The Balaban J connectivity index is 2.07. The van der Waals surface area contributed by atoms with Gasteiger partial charge in [-0.05, 0) is 30.5 Å². The quantitative estimate of drug-likeness (QED) is 0.459. The fourth-order valence-corrected chi connectivity index (χ4v) is 2.26. The van der Waals surface area contributed by atoms with Gasteiger partial charge in [-0.15, -0.1) is 0 Å². The molecule has 0 unspecified atom stereocenters. The van der Waals surface area contributed by atoms with Gasteiger partial charge in [0.15, 0.2) is 0 Å². The van der Waals surface area contributed by atoms with Crippen LogP contribution in [0.5, 0.6) is 5.75 Å². The van der Waals surface area contributed by atoms with Crippen molar-refractivity contribution in [3.05, 3.63) is 53.8 Å². The molecule has 2 aromatic rings. The van der Waals surface area contributed by atoms with Gasteiger partial charge >= 0.3 is 12.1 Å². The summed E-state index contributed by atoms with van der Waals surface area (Å²) in [5.74, 6) is -3.35. The van der Waals surface area contributed by atoms with Crippen LogP contribution in [0.25, 0.3) is 11.1 Å². The summed E-state index contributed by atoms with van der Waals surface area (Å²) in [5, 5.41) is 0. The van der Waals surface area contributed by atoms with Crippen LogP contribution < -0.4 is 4.74 Å². The van der Waals surface area contributed by atoms with Crippen molar-refractivity contribution in [2.45, 2.75) is 19.0 Å². The Hall–Kier alpha value is -2.37. The number of halogens is 4. The van der Waals surface area contributed by atoms with Gasteiger partial charge < -0.3 is 4.74 Å². The molecule has 120 valence electrons. The van der Waals surface area contributed by atoms with E-state index in [1.54, 1.807) is 18.2 Å². The maximum Gasteiger partial charge on any atom is 0.422 e. The first-order valence-corrected chi connectivity index (χ1v) is 7.04.